The molecule has 1 aliphatic rings. The molecule has 33 heavy (non-hydrogen) atoms. The van der Waals surface area contributed by atoms with Crippen molar-refractivity contribution in [3.63, 3.8) is 0 Å². The van der Waals surface area contributed by atoms with Crippen molar-refractivity contribution in [2.24, 2.45) is 0 Å². The maximum atomic E-state index is 12.2. The Kier molecular flexibility index (Phi) is 9.91. The van der Waals surface area contributed by atoms with Gasteiger partial charge in [0.25, 0.3) is 10.2 Å². The summed E-state index contributed by atoms with van der Waals surface area (Å²) >= 11 is 1.56. The van der Waals surface area contributed by atoms with Gasteiger partial charge in [-0.3, -0.25) is 9.59 Å². The second kappa shape index (κ2) is 12.6. The topological polar surface area (TPSA) is 168 Å². The van der Waals surface area contributed by atoms with Crippen molar-refractivity contribution in [2.45, 2.75) is 50.7 Å². The molecular weight excluding hydrogens is 460 g/mol. The van der Waals surface area contributed by atoms with E-state index < -0.39 is 46.8 Å². The normalized spacial score (nSPS) is 18.3. The number of benzene rings is 1. The second-order valence-corrected chi connectivity index (χ2v) is 8.42. The van der Waals surface area contributed by atoms with E-state index in [0.29, 0.717) is 12.0 Å². The first kappa shape index (κ1) is 25.9. The van der Waals surface area contributed by atoms with Crippen LogP contribution < -0.4 is 0 Å². The van der Waals surface area contributed by atoms with E-state index >= 15 is 0 Å². The summed E-state index contributed by atoms with van der Waals surface area (Å²) in [6.45, 7) is 0.998. The minimum Gasteiger partial charge on any atom is -0.481 e. The number of nitrogens with zero attached hydrogens (tertiary/aromatic N) is 2. The Morgan fingerprint density at radius 3 is 2.55 bits per heavy atom. The van der Waals surface area contributed by atoms with Crippen LogP contribution in [-0.4, -0.2) is 51.8 Å². The summed E-state index contributed by atoms with van der Waals surface area (Å²) in [4.78, 5) is 53.4. The molecule has 1 aromatic carbocycles. The molecule has 2 rings (SSSR count). The number of hydrogen-bond donors (Lipinski definition) is 1. The molecule has 1 heterocycles. The third-order valence-electron chi connectivity index (χ3n) is 4.86. The molecule has 180 valence electrons. The lowest BCUT2D eigenvalue weighted by Crippen LogP contribution is -2.25. The quantitative estimate of drug-likeness (QED) is 0.248. The predicted octanol–water partition coefficient (Wildman–Crippen LogP) is 3.22. The fourth-order valence-electron chi connectivity index (χ4n) is 3.08. The largest absolute Gasteiger partial charge is 0.481 e. The first-order valence-electron chi connectivity index (χ1n) is 10.1. The van der Waals surface area contributed by atoms with Gasteiger partial charge in [-0.05, 0) is 43.4 Å². The molecule has 0 saturated carbocycles. The molecule has 1 N–H and O–H groups in total. The summed E-state index contributed by atoms with van der Waals surface area (Å²) in [5.41, 5.74) is 1.54. The van der Waals surface area contributed by atoms with Crippen LogP contribution >= 0.6 is 11.8 Å². The number of esters is 1. The van der Waals surface area contributed by atoms with Crippen LogP contribution in [0, 0.1) is 20.2 Å². The summed E-state index contributed by atoms with van der Waals surface area (Å²) in [5.74, 6) is -1.23. The van der Waals surface area contributed by atoms with E-state index in [-0.39, 0.29) is 19.3 Å². The monoisotopic (exact) mass is 484 g/mol. The molecule has 0 spiro atoms. The summed E-state index contributed by atoms with van der Waals surface area (Å²) in [6.07, 6.45) is 1.09. The lowest BCUT2D eigenvalue weighted by molar-refractivity contribution is -0.790. The van der Waals surface area contributed by atoms with Gasteiger partial charge in [-0.1, -0.05) is 24.3 Å². The highest BCUT2D eigenvalue weighted by Crippen LogP contribution is 2.35. The zero-order valence-electron chi connectivity index (χ0n) is 17.8. The van der Waals surface area contributed by atoms with Gasteiger partial charge in [0.05, 0.1) is 5.92 Å². The van der Waals surface area contributed by atoms with Crippen molar-refractivity contribution in [1.29, 1.82) is 0 Å². The van der Waals surface area contributed by atoms with E-state index in [1.165, 1.54) is 0 Å². The van der Waals surface area contributed by atoms with Crippen LogP contribution in [0.1, 0.15) is 49.7 Å². The van der Waals surface area contributed by atoms with E-state index in [9.17, 15) is 29.8 Å². The van der Waals surface area contributed by atoms with Crippen molar-refractivity contribution in [3.8, 4) is 0 Å². The van der Waals surface area contributed by atoms with Gasteiger partial charge in [0, 0.05) is 17.1 Å². The number of thioether (sulfide) groups is 1. The molecule has 1 aliphatic heterocycles. The van der Waals surface area contributed by atoms with E-state index in [1.54, 1.807) is 30.8 Å². The van der Waals surface area contributed by atoms with Crippen LogP contribution in [0.5, 0.6) is 0 Å². The van der Waals surface area contributed by atoms with E-state index in [1.807, 2.05) is 18.2 Å². The zero-order chi connectivity index (χ0) is 24.4. The number of carbonyl (C=O) groups is 2. The van der Waals surface area contributed by atoms with E-state index in [4.69, 9.17) is 9.84 Å². The smallest absolute Gasteiger partial charge is 0.310 e. The maximum Gasteiger partial charge on any atom is 0.310 e. The standard InChI is InChI=1S/C20H24N2O10S/c1-13(20(24)25)15-7-5-14(6-8-15)11-18-17(9-10-33-18)31-19(23)4-2-3-16(32-22(28)29)12-30-21(26)27/h5-8,11,13,16-17H,2-4,9-10,12H2,1H3,(H,24,25)/b18-11-/t13-,16?,17-/m0/s1. The van der Waals surface area contributed by atoms with Crippen molar-refractivity contribution in [2.75, 3.05) is 12.4 Å². The SMILES string of the molecule is C[C@H](C(=O)O)c1ccc(/C=C2\SCC[C@@H]2OC(=O)CCCC(CO[N+](=O)[O-])O[N+](=O)[O-])cc1. The van der Waals surface area contributed by atoms with Crippen LogP contribution in [0.4, 0.5) is 0 Å². The Balaban J connectivity index is 1.87. The molecule has 0 amide bonds. The van der Waals surface area contributed by atoms with Gasteiger partial charge in [0.2, 0.25) is 0 Å². The van der Waals surface area contributed by atoms with E-state index in [2.05, 4.69) is 9.68 Å². The van der Waals surface area contributed by atoms with Crippen molar-refractivity contribution < 1.29 is 39.3 Å². The van der Waals surface area contributed by atoms with Crippen LogP contribution in [0.15, 0.2) is 29.2 Å². The van der Waals surface area contributed by atoms with Crippen molar-refractivity contribution >= 4 is 29.8 Å². The van der Waals surface area contributed by atoms with Crippen molar-refractivity contribution in [1.82, 2.24) is 0 Å². The average Bonchev–Trinajstić information content (AvgIpc) is 3.17. The Labute approximate surface area is 193 Å². The van der Waals surface area contributed by atoms with Gasteiger partial charge in [-0.2, -0.15) is 0 Å². The molecule has 0 aliphatic carbocycles. The third kappa shape index (κ3) is 8.96. The van der Waals surface area contributed by atoms with Crippen LogP contribution in [0.2, 0.25) is 0 Å². The van der Waals surface area contributed by atoms with E-state index in [0.717, 1.165) is 16.2 Å². The lowest BCUT2D eigenvalue weighted by atomic mass is 10.00. The summed E-state index contributed by atoms with van der Waals surface area (Å²) in [5, 5.41) is 27.7. The second-order valence-electron chi connectivity index (χ2n) is 7.25. The van der Waals surface area contributed by atoms with Crippen LogP contribution in [-0.2, 0) is 24.0 Å². The number of ether oxygens (including phenoxy) is 1. The first-order chi connectivity index (χ1) is 15.7. The molecule has 13 heteroatoms. The van der Waals surface area contributed by atoms with Crippen LogP contribution in [0.25, 0.3) is 6.08 Å². The van der Waals surface area contributed by atoms with Gasteiger partial charge in [0.15, 0.2) is 0 Å². The Bertz CT molecular complexity index is 889. The fraction of sp³-hybridized carbons (Fsp3) is 0.500. The average molecular weight is 484 g/mol. The molecule has 0 bridgehead atoms. The molecule has 1 unspecified atom stereocenters. The summed E-state index contributed by atoms with van der Waals surface area (Å²) < 4.78 is 5.53. The van der Waals surface area contributed by atoms with Gasteiger partial charge in [0.1, 0.15) is 18.8 Å². The molecule has 1 fully saturated rings. The zero-order valence-corrected chi connectivity index (χ0v) is 18.6. The Hall–Kier alpha value is -3.35. The van der Waals surface area contributed by atoms with Gasteiger partial charge >= 0.3 is 11.9 Å². The number of carbonyl (C=O) groups excluding carboxylic acids is 1. The minimum absolute atomic E-state index is 0.00709. The highest BCUT2D eigenvalue weighted by molar-refractivity contribution is 8.03. The first-order valence-corrected chi connectivity index (χ1v) is 11.1. The Morgan fingerprint density at radius 1 is 1.24 bits per heavy atom. The summed E-state index contributed by atoms with van der Waals surface area (Å²) in [7, 11) is 0. The number of hydrogen-bond acceptors (Lipinski definition) is 10. The third-order valence-corrected chi connectivity index (χ3v) is 6.02. The highest BCUT2D eigenvalue weighted by atomic mass is 32.2. The maximum absolute atomic E-state index is 12.2. The molecule has 0 radical (unpaired) electrons. The number of carboxylic acids is 1. The molecule has 1 aromatic rings. The lowest BCUT2D eigenvalue weighted by Gasteiger charge is -2.15. The number of carboxylic acid groups (broad SMARTS) is 1. The minimum atomic E-state index is -1.16. The van der Waals surface area contributed by atoms with Gasteiger partial charge in [-0.25, -0.2) is 0 Å². The summed E-state index contributed by atoms with van der Waals surface area (Å²) in [6, 6.07) is 7.11. The van der Waals surface area contributed by atoms with Crippen molar-refractivity contribution in [3.05, 3.63) is 60.5 Å². The molecular formula is C20H24N2O10S. The molecule has 1 saturated heterocycles. The fourth-order valence-corrected chi connectivity index (χ4v) is 4.22. The molecule has 0 aromatic heterocycles. The van der Waals surface area contributed by atoms with Gasteiger partial charge in [-0.15, -0.1) is 32.0 Å². The highest BCUT2D eigenvalue weighted by Gasteiger charge is 2.26. The number of aliphatic carboxylic acids is 1. The van der Waals surface area contributed by atoms with Gasteiger partial charge < -0.3 is 19.5 Å². The predicted molar refractivity (Wildman–Crippen MR) is 116 cm³/mol. The molecule has 12 nitrogen and oxygen atoms in total. The van der Waals surface area contributed by atoms with Crippen LogP contribution in [0.3, 0.4) is 0 Å². The number of rotatable bonds is 13. The molecule has 3 atom stereocenters. The Morgan fingerprint density at radius 2 is 1.94 bits per heavy atom.